The molecule has 22 heavy (non-hydrogen) atoms. The molecule has 0 radical (unpaired) electrons. The standard InChI is InChI=1S/C18H21NO3/c1-20-17-10-15(14-5-7-19-8-6-14)11-18(12-17)22-13-16-4-2-3-9-21-16/h5-8,10-12,16H,2-4,9,13H2,1H3. The largest absolute Gasteiger partial charge is 0.497 e. The van der Waals surface area contributed by atoms with E-state index in [1.807, 2.05) is 30.3 Å². The van der Waals surface area contributed by atoms with Crippen LogP contribution in [0.3, 0.4) is 0 Å². The average molecular weight is 299 g/mol. The molecule has 1 aromatic carbocycles. The molecule has 0 bridgehead atoms. The fraction of sp³-hybridized carbons (Fsp3) is 0.389. The quantitative estimate of drug-likeness (QED) is 0.844. The van der Waals surface area contributed by atoms with Gasteiger partial charge in [0.1, 0.15) is 18.1 Å². The summed E-state index contributed by atoms with van der Waals surface area (Å²) in [6.07, 6.45) is 7.21. The summed E-state index contributed by atoms with van der Waals surface area (Å²) in [5.74, 6) is 1.59. The van der Waals surface area contributed by atoms with Gasteiger partial charge in [0.15, 0.2) is 0 Å². The lowest BCUT2D eigenvalue weighted by molar-refractivity contribution is -0.0110. The molecule has 2 heterocycles. The Kier molecular flexibility index (Phi) is 4.91. The maximum absolute atomic E-state index is 5.93. The molecule has 2 aromatic rings. The molecule has 0 spiro atoms. The van der Waals surface area contributed by atoms with Crippen LogP contribution in [0, 0.1) is 0 Å². The normalized spacial score (nSPS) is 18.0. The number of ether oxygens (including phenoxy) is 3. The third kappa shape index (κ3) is 3.77. The molecular formula is C18H21NO3. The van der Waals surface area contributed by atoms with Crippen molar-refractivity contribution in [1.82, 2.24) is 4.98 Å². The number of rotatable bonds is 5. The number of methoxy groups -OCH3 is 1. The number of nitrogens with zero attached hydrogens (tertiary/aromatic N) is 1. The first-order chi connectivity index (χ1) is 10.8. The highest BCUT2D eigenvalue weighted by atomic mass is 16.5. The molecular weight excluding hydrogens is 278 g/mol. The molecule has 1 aliphatic heterocycles. The number of aromatic nitrogens is 1. The van der Waals surface area contributed by atoms with Crippen molar-refractivity contribution in [3.8, 4) is 22.6 Å². The maximum atomic E-state index is 5.93. The monoisotopic (exact) mass is 299 g/mol. The van der Waals surface area contributed by atoms with E-state index in [4.69, 9.17) is 14.2 Å². The molecule has 1 aliphatic rings. The number of benzene rings is 1. The molecule has 1 atom stereocenters. The summed E-state index contributed by atoms with van der Waals surface area (Å²) in [5, 5.41) is 0. The van der Waals surface area contributed by atoms with E-state index in [0.29, 0.717) is 6.61 Å². The Morgan fingerprint density at radius 3 is 2.64 bits per heavy atom. The lowest BCUT2D eigenvalue weighted by Gasteiger charge is -2.22. The molecule has 0 saturated carbocycles. The second kappa shape index (κ2) is 7.27. The predicted molar refractivity (Wildman–Crippen MR) is 85.3 cm³/mol. The summed E-state index contributed by atoms with van der Waals surface area (Å²) in [4.78, 5) is 4.05. The van der Waals surface area contributed by atoms with E-state index in [1.165, 1.54) is 6.42 Å². The Bertz CT molecular complexity index is 595. The molecule has 1 unspecified atom stereocenters. The van der Waals surface area contributed by atoms with Crippen LogP contribution < -0.4 is 9.47 Å². The Labute approximate surface area is 131 Å². The molecule has 1 fully saturated rings. The SMILES string of the molecule is COc1cc(OCC2CCCCO2)cc(-c2ccncc2)c1. The highest BCUT2D eigenvalue weighted by Gasteiger charge is 2.15. The minimum atomic E-state index is 0.198. The number of pyridine rings is 1. The molecule has 3 rings (SSSR count). The molecule has 0 aliphatic carbocycles. The van der Waals surface area contributed by atoms with Gasteiger partial charge in [-0.3, -0.25) is 4.98 Å². The van der Waals surface area contributed by atoms with Crippen molar-refractivity contribution in [3.05, 3.63) is 42.7 Å². The summed E-state index contributed by atoms with van der Waals surface area (Å²) in [7, 11) is 1.67. The fourth-order valence-electron chi connectivity index (χ4n) is 2.61. The van der Waals surface area contributed by atoms with Gasteiger partial charge in [0.05, 0.1) is 13.2 Å². The Balaban J connectivity index is 1.75. The van der Waals surface area contributed by atoms with Gasteiger partial charge >= 0.3 is 0 Å². The van der Waals surface area contributed by atoms with Crippen LogP contribution >= 0.6 is 0 Å². The maximum Gasteiger partial charge on any atom is 0.123 e. The number of hydrogen-bond donors (Lipinski definition) is 0. The van der Waals surface area contributed by atoms with Crippen molar-refractivity contribution in [1.29, 1.82) is 0 Å². The summed E-state index contributed by atoms with van der Waals surface area (Å²) in [6, 6.07) is 9.89. The van der Waals surface area contributed by atoms with Gasteiger partial charge in [-0.25, -0.2) is 0 Å². The Morgan fingerprint density at radius 2 is 1.91 bits per heavy atom. The van der Waals surface area contributed by atoms with Gasteiger partial charge in [0, 0.05) is 25.1 Å². The van der Waals surface area contributed by atoms with Crippen molar-refractivity contribution in [3.63, 3.8) is 0 Å². The van der Waals surface area contributed by atoms with Gasteiger partial charge < -0.3 is 14.2 Å². The zero-order chi connectivity index (χ0) is 15.2. The lowest BCUT2D eigenvalue weighted by Crippen LogP contribution is -2.25. The minimum absolute atomic E-state index is 0.198. The molecule has 0 amide bonds. The predicted octanol–water partition coefficient (Wildman–Crippen LogP) is 3.71. The van der Waals surface area contributed by atoms with Gasteiger partial charge in [-0.15, -0.1) is 0 Å². The second-order valence-electron chi connectivity index (χ2n) is 5.43. The van der Waals surface area contributed by atoms with Crippen LogP contribution in [-0.4, -0.2) is 31.4 Å². The molecule has 4 nitrogen and oxygen atoms in total. The van der Waals surface area contributed by atoms with Crippen molar-refractivity contribution in [2.45, 2.75) is 25.4 Å². The first-order valence-corrected chi connectivity index (χ1v) is 7.69. The van der Waals surface area contributed by atoms with Crippen LogP contribution in [-0.2, 0) is 4.74 Å². The van der Waals surface area contributed by atoms with Gasteiger partial charge in [0.25, 0.3) is 0 Å². The third-order valence-corrected chi connectivity index (χ3v) is 3.84. The molecule has 4 heteroatoms. The second-order valence-corrected chi connectivity index (χ2v) is 5.43. The fourth-order valence-corrected chi connectivity index (χ4v) is 2.61. The average Bonchev–Trinajstić information content (AvgIpc) is 2.61. The van der Waals surface area contributed by atoms with Gasteiger partial charge in [-0.05, 0) is 54.7 Å². The van der Waals surface area contributed by atoms with E-state index in [1.54, 1.807) is 19.5 Å². The summed E-state index contributed by atoms with van der Waals surface area (Å²) < 4.78 is 17.0. The van der Waals surface area contributed by atoms with Crippen LogP contribution in [0.15, 0.2) is 42.7 Å². The summed E-state index contributed by atoms with van der Waals surface area (Å²) in [5.41, 5.74) is 2.15. The summed E-state index contributed by atoms with van der Waals surface area (Å²) >= 11 is 0. The van der Waals surface area contributed by atoms with E-state index in [9.17, 15) is 0 Å². The highest BCUT2D eigenvalue weighted by Crippen LogP contribution is 2.30. The summed E-state index contributed by atoms with van der Waals surface area (Å²) in [6.45, 7) is 1.43. The first-order valence-electron chi connectivity index (χ1n) is 7.69. The van der Waals surface area contributed by atoms with E-state index in [2.05, 4.69) is 4.98 Å². The van der Waals surface area contributed by atoms with Gasteiger partial charge in [0.2, 0.25) is 0 Å². The Morgan fingerprint density at radius 1 is 1.09 bits per heavy atom. The molecule has 1 aromatic heterocycles. The van der Waals surface area contributed by atoms with E-state index >= 15 is 0 Å². The van der Waals surface area contributed by atoms with Crippen molar-refractivity contribution in [2.75, 3.05) is 20.3 Å². The minimum Gasteiger partial charge on any atom is -0.497 e. The van der Waals surface area contributed by atoms with Crippen LogP contribution in [0.5, 0.6) is 11.5 Å². The highest BCUT2D eigenvalue weighted by molar-refractivity contribution is 5.66. The van der Waals surface area contributed by atoms with Crippen molar-refractivity contribution in [2.24, 2.45) is 0 Å². The van der Waals surface area contributed by atoms with Crippen molar-refractivity contribution < 1.29 is 14.2 Å². The van der Waals surface area contributed by atoms with Gasteiger partial charge in [-0.1, -0.05) is 0 Å². The number of hydrogen-bond acceptors (Lipinski definition) is 4. The van der Waals surface area contributed by atoms with E-state index in [0.717, 1.165) is 42.1 Å². The van der Waals surface area contributed by atoms with Crippen LogP contribution in [0.4, 0.5) is 0 Å². The van der Waals surface area contributed by atoms with Crippen LogP contribution in [0.2, 0.25) is 0 Å². The molecule has 116 valence electrons. The van der Waals surface area contributed by atoms with E-state index < -0.39 is 0 Å². The molecule has 0 N–H and O–H groups in total. The van der Waals surface area contributed by atoms with Gasteiger partial charge in [-0.2, -0.15) is 0 Å². The topological polar surface area (TPSA) is 40.6 Å². The zero-order valence-corrected chi connectivity index (χ0v) is 12.8. The first kappa shape index (κ1) is 14.9. The van der Waals surface area contributed by atoms with Crippen LogP contribution in [0.25, 0.3) is 11.1 Å². The van der Waals surface area contributed by atoms with E-state index in [-0.39, 0.29) is 6.10 Å². The smallest absolute Gasteiger partial charge is 0.123 e. The Hall–Kier alpha value is -2.07. The zero-order valence-electron chi connectivity index (χ0n) is 12.8. The third-order valence-electron chi connectivity index (χ3n) is 3.84. The molecule has 1 saturated heterocycles. The van der Waals surface area contributed by atoms with Crippen molar-refractivity contribution >= 4 is 0 Å². The lowest BCUT2D eigenvalue weighted by atomic mass is 10.1. The van der Waals surface area contributed by atoms with Crippen LogP contribution in [0.1, 0.15) is 19.3 Å².